The number of nitrogens with two attached hydrogens (primary N) is 1. The van der Waals surface area contributed by atoms with Crippen molar-refractivity contribution in [3.63, 3.8) is 0 Å². The maximum atomic E-state index is 6.68. The smallest absolute Gasteiger partial charge is 0.0524 e. The Bertz CT molecular complexity index is 1140. The molecule has 3 heterocycles. The van der Waals surface area contributed by atoms with Crippen LogP contribution in [0.5, 0.6) is 0 Å². The lowest BCUT2D eigenvalue weighted by molar-refractivity contribution is 0.281. The molecular formula is C25H26ClN3. The van der Waals surface area contributed by atoms with Crippen LogP contribution in [0.3, 0.4) is 0 Å². The second-order valence-corrected chi connectivity index (χ2v) is 9.08. The van der Waals surface area contributed by atoms with E-state index >= 15 is 0 Å². The van der Waals surface area contributed by atoms with Crippen molar-refractivity contribution in [1.29, 1.82) is 0 Å². The maximum absolute atomic E-state index is 6.68. The summed E-state index contributed by atoms with van der Waals surface area (Å²) in [5.41, 5.74) is 13.8. The third kappa shape index (κ3) is 2.95. The van der Waals surface area contributed by atoms with E-state index in [1.54, 1.807) is 0 Å². The Hall–Kier alpha value is -2.36. The largest absolute Gasteiger partial charge is 0.361 e. The molecule has 3 unspecified atom stereocenters. The quantitative estimate of drug-likeness (QED) is 0.566. The Labute approximate surface area is 176 Å². The summed E-state index contributed by atoms with van der Waals surface area (Å²) >= 11 is 6.53. The first kappa shape index (κ1) is 18.7. The van der Waals surface area contributed by atoms with Crippen LogP contribution >= 0.6 is 11.6 Å². The minimum Gasteiger partial charge on any atom is -0.361 e. The van der Waals surface area contributed by atoms with Crippen LogP contribution in [0.4, 0.5) is 0 Å². The van der Waals surface area contributed by atoms with Gasteiger partial charge in [0.1, 0.15) is 0 Å². The van der Waals surface area contributed by atoms with Crippen molar-refractivity contribution < 1.29 is 0 Å². The number of benzene rings is 2. The van der Waals surface area contributed by atoms with Gasteiger partial charge in [-0.15, -0.1) is 0 Å². The Kier molecular flexibility index (Phi) is 4.41. The molecule has 2 aliphatic heterocycles. The van der Waals surface area contributed by atoms with Crippen LogP contribution in [0.15, 0.2) is 65.8 Å². The molecule has 0 saturated heterocycles. The van der Waals surface area contributed by atoms with Crippen molar-refractivity contribution in [2.75, 3.05) is 6.54 Å². The van der Waals surface area contributed by atoms with Crippen LogP contribution in [0.2, 0.25) is 5.02 Å². The Balaban J connectivity index is 1.41. The average molecular weight is 404 g/mol. The van der Waals surface area contributed by atoms with Gasteiger partial charge in [0.05, 0.1) is 6.54 Å². The van der Waals surface area contributed by atoms with Crippen molar-refractivity contribution in [2.45, 2.75) is 37.6 Å². The molecule has 3 aliphatic rings. The van der Waals surface area contributed by atoms with E-state index in [0.717, 1.165) is 41.1 Å². The van der Waals surface area contributed by atoms with Crippen molar-refractivity contribution >= 4 is 28.2 Å². The molecule has 4 heteroatoms. The number of fused-ring (bicyclic) bond motifs is 3. The minimum atomic E-state index is -0.123. The molecule has 0 amide bonds. The van der Waals surface area contributed by atoms with E-state index in [9.17, 15) is 0 Å². The van der Waals surface area contributed by atoms with Gasteiger partial charge >= 0.3 is 0 Å². The molecule has 2 aromatic carbocycles. The second-order valence-electron chi connectivity index (χ2n) is 8.67. The predicted octanol–water partition coefficient (Wildman–Crippen LogP) is 5.36. The van der Waals surface area contributed by atoms with Crippen molar-refractivity contribution in [3.8, 4) is 0 Å². The monoisotopic (exact) mass is 403 g/mol. The molecular weight excluding hydrogens is 378 g/mol. The van der Waals surface area contributed by atoms with E-state index < -0.39 is 0 Å². The molecule has 1 fully saturated rings. The van der Waals surface area contributed by atoms with Crippen LogP contribution in [0.25, 0.3) is 10.9 Å². The number of aromatic nitrogens is 1. The van der Waals surface area contributed by atoms with Gasteiger partial charge in [-0.3, -0.25) is 4.99 Å². The van der Waals surface area contributed by atoms with Gasteiger partial charge in [-0.25, -0.2) is 0 Å². The topological polar surface area (TPSA) is 54.2 Å². The summed E-state index contributed by atoms with van der Waals surface area (Å²) in [6.07, 6.45) is 4.85. The summed E-state index contributed by atoms with van der Waals surface area (Å²) in [4.78, 5) is 8.40. The van der Waals surface area contributed by atoms with Crippen LogP contribution in [-0.2, 0) is 11.8 Å². The summed E-state index contributed by atoms with van der Waals surface area (Å²) in [5.74, 6) is 0.448. The Morgan fingerprint density at radius 2 is 2.14 bits per heavy atom. The number of H-pyrrole nitrogens is 1. The SMILES string of the molecule is C=C1C2CC(C(N)Cc3c[nH]c4ccc(C)cc34)=NCC1(c1ccccc1Cl)C2. The first-order valence-corrected chi connectivity index (χ1v) is 10.7. The average Bonchev–Trinajstić information content (AvgIpc) is 2.90. The number of aromatic amines is 1. The van der Waals surface area contributed by atoms with Gasteiger partial charge in [-0.2, -0.15) is 0 Å². The summed E-state index contributed by atoms with van der Waals surface area (Å²) < 4.78 is 0. The molecule has 2 bridgehead atoms. The van der Waals surface area contributed by atoms with E-state index in [4.69, 9.17) is 22.3 Å². The fourth-order valence-electron chi connectivity index (χ4n) is 5.15. The molecule has 29 heavy (non-hydrogen) atoms. The van der Waals surface area contributed by atoms with Crippen molar-refractivity contribution in [1.82, 2.24) is 4.98 Å². The number of hydrogen-bond donors (Lipinski definition) is 2. The molecule has 3 aromatic rings. The normalized spacial score (nSPS) is 24.7. The first-order valence-electron chi connectivity index (χ1n) is 10.3. The molecule has 3 N–H and O–H groups in total. The van der Waals surface area contributed by atoms with Crippen molar-refractivity contribution in [3.05, 3.63) is 82.5 Å². The Morgan fingerprint density at radius 3 is 2.93 bits per heavy atom. The molecule has 0 radical (unpaired) electrons. The molecule has 6 rings (SSSR count). The lowest BCUT2D eigenvalue weighted by Crippen LogP contribution is -2.45. The standard InChI is InChI=1S/C25H26ClN3/c1-15-7-8-23-19(9-15)18(13-28-23)10-22(27)24-11-17-12-25(14-29-24,16(17)2)20-5-3-4-6-21(20)26/h3-9,13,17,22,28H,2,10-12,14,27H2,1H3. The van der Waals surface area contributed by atoms with Gasteiger partial charge < -0.3 is 10.7 Å². The highest BCUT2D eigenvalue weighted by atomic mass is 35.5. The third-order valence-electron chi connectivity index (χ3n) is 6.89. The number of aliphatic imine (C=N–C) groups is 1. The number of aryl methyl sites for hydroxylation is 1. The van der Waals surface area contributed by atoms with Gasteiger partial charge in [0, 0.05) is 39.3 Å². The van der Waals surface area contributed by atoms with Gasteiger partial charge in [0.15, 0.2) is 0 Å². The fraction of sp³-hybridized carbons (Fsp3) is 0.320. The van der Waals surface area contributed by atoms with Gasteiger partial charge in [-0.1, -0.05) is 53.6 Å². The lowest BCUT2D eigenvalue weighted by atomic mass is 9.55. The highest BCUT2D eigenvalue weighted by molar-refractivity contribution is 6.31. The zero-order valence-electron chi connectivity index (χ0n) is 16.7. The number of nitrogens with zero attached hydrogens (tertiary/aromatic N) is 1. The van der Waals surface area contributed by atoms with Crippen LogP contribution in [0.1, 0.15) is 29.5 Å². The van der Waals surface area contributed by atoms with E-state index in [-0.39, 0.29) is 11.5 Å². The second kappa shape index (κ2) is 6.86. The molecule has 1 saturated carbocycles. The number of hydrogen-bond acceptors (Lipinski definition) is 2. The van der Waals surface area contributed by atoms with Crippen LogP contribution < -0.4 is 5.73 Å². The third-order valence-corrected chi connectivity index (χ3v) is 7.22. The van der Waals surface area contributed by atoms with E-state index in [1.807, 2.05) is 12.1 Å². The fourth-order valence-corrected chi connectivity index (χ4v) is 5.47. The van der Waals surface area contributed by atoms with Crippen molar-refractivity contribution in [2.24, 2.45) is 16.6 Å². The number of nitrogens with one attached hydrogen (secondary N) is 1. The summed E-state index contributed by atoms with van der Waals surface area (Å²) in [6, 6.07) is 14.5. The van der Waals surface area contributed by atoms with E-state index in [2.05, 4.69) is 55.0 Å². The van der Waals surface area contributed by atoms with E-state index in [0.29, 0.717) is 12.5 Å². The summed E-state index contributed by atoms with van der Waals surface area (Å²) in [7, 11) is 0. The predicted molar refractivity (Wildman–Crippen MR) is 122 cm³/mol. The molecule has 1 aromatic heterocycles. The van der Waals surface area contributed by atoms with Gasteiger partial charge in [0.25, 0.3) is 0 Å². The van der Waals surface area contributed by atoms with Gasteiger partial charge in [0.2, 0.25) is 0 Å². The Morgan fingerprint density at radius 1 is 1.31 bits per heavy atom. The highest BCUT2D eigenvalue weighted by Crippen LogP contribution is 2.56. The molecule has 3 nitrogen and oxygen atoms in total. The van der Waals surface area contributed by atoms with E-state index in [1.165, 1.54) is 22.1 Å². The minimum absolute atomic E-state index is 0.0787. The zero-order chi connectivity index (χ0) is 20.2. The first-order chi connectivity index (χ1) is 14.0. The lowest BCUT2D eigenvalue weighted by Gasteiger charge is -2.49. The molecule has 148 valence electrons. The zero-order valence-corrected chi connectivity index (χ0v) is 17.5. The number of halogens is 1. The van der Waals surface area contributed by atoms with Gasteiger partial charge in [-0.05, 0) is 61.4 Å². The molecule has 3 atom stereocenters. The molecule has 1 aliphatic carbocycles. The maximum Gasteiger partial charge on any atom is 0.0524 e. The van der Waals surface area contributed by atoms with Crippen LogP contribution in [0, 0.1) is 12.8 Å². The number of rotatable bonds is 4. The molecule has 0 spiro atoms. The van der Waals surface area contributed by atoms with Crippen LogP contribution in [-0.4, -0.2) is 23.3 Å². The highest BCUT2D eigenvalue weighted by Gasteiger charge is 2.51. The summed E-state index contributed by atoms with van der Waals surface area (Å²) in [5, 5.41) is 2.07. The summed E-state index contributed by atoms with van der Waals surface area (Å²) in [6.45, 7) is 7.26.